The van der Waals surface area contributed by atoms with Crippen LogP contribution >= 0.6 is 27.7 Å². The monoisotopic (exact) mass is 472 g/mol. The molecular weight excluding hydrogens is 452 g/mol. The van der Waals surface area contributed by atoms with Gasteiger partial charge in [-0.1, -0.05) is 28.1 Å². The van der Waals surface area contributed by atoms with Crippen LogP contribution in [-0.2, 0) is 0 Å². The van der Waals surface area contributed by atoms with Gasteiger partial charge < -0.3 is 14.2 Å². The van der Waals surface area contributed by atoms with E-state index in [4.69, 9.17) is 4.42 Å². The topological polar surface area (TPSA) is 53.8 Å². The van der Waals surface area contributed by atoms with E-state index < -0.39 is 6.04 Å². The molecule has 0 radical (unpaired) electrons. The van der Waals surface area contributed by atoms with E-state index in [0.717, 1.165) is 14.9 Å². The van der Waals surface area contributed by atoms with E-state index >= 15 is 0 Å². The first-order valence-electron chi connectivity index (χ1n) is 9.26. The summed E-state index contributed by atoms with van der Waals surface area (Å²) in [7, 11) is 3.93. The molecule has 0 N–H and O–H groups in total. The van der Waals surface area contributed by atoms with Gasteiger partial charge in [0.15, 0.2) is 5.43 Å². The van der Waals surface area contributed by atoms with Crippen LogP contribution in [0.1, 0.15) is 27.7 Å². The zero-order valence-corrected chi connectivity index (χ0v) is 18.8. The molecule has 0 saturated carbocycles. The Labute approximate surface area is 181 Å². The fraction of sp³-hybridized carbons (Fsp3) is 0.273. The first kappa shape index (κ1) is 20.2. The number of rotatable bonds is 5. The lowest BCUT2D eigenvalue weighted by Gasteiger charge is -2.26. The number of halogens is 1. The summed E-state index contributed by atoms with van der Waals surface area (Å²) in [5.41, 5.74) is 1.62. The van der Waals surface area contributed by atoms with Gasteiger partial charge >= 0.3 is 0 Å². The number of carbonyl (C=O) groups is 1. The van der Waals surface area contributed by atoms with Crippen LogP contribution in [0.15, 0.2) is 61.0 Å². The summed E-state index contributed by atoms with van der Waals surface area (Å²) in [6, 6.07) is 12.9. The Morgan fingerprint density at radius 1 is 1.14 bits per heavy atom. The molecule has 3 aromatic rings. The Morgan fingerprint density at radius 2 is 1.86 bits per heavy atom. The zero-order chi connectivity index (χ0) is 20.7. The highest BCUT2D eigenvalue weighted by Gasteiger charge is 2.42. The second kappa shape index (κ2) is 7.97. The predicted octanol–water partition coefficient (Wildman–Crippen LogP) is 4.38. The van der Waals surface area contributed by atoms with E-state index in [9.17, 15) is 9.59 Å². The molecule has 1 aliphatic rings. The van der Waals surface area contributed by atoms with Crippen LogP contribution in [0, 0.1) is 0 Å². The standard InChI is InChI=1S/C22H21BrN2O3S/c1-24(2)10-11-25-19(13-4-7-15(29-3)8-5-13)18-20(26)16-12-14(23)6-9-17(16)28-21(18)22(25)27/h4-9,12,19H,10-11H2,1-3H3. The van der Waals surface area contributed by atoms with Crippen LogP contribution in [0.5, 0.6) is 0 Å². The molecule has 0 fully saturated rings. The SMILES string of the molecule is CSc1ccc(C2c3c(oc4ccc(Br)cc4c3=O)C(=O)N2CCN(C)C)cc1. The lowest BCUT2D eigenvalue weighted by atomic mass is 9.98. The van der Waals surface area contributed by atoms with E-state index in [1.54, 1.807) is 34.9 Å². The van der Waals surface area contributed by atoms with Crippen LogP contribution in [0.2, 0.25) is 0 Å². The lowest BCUT2D eigenvalue weighted by Crippen LogP contribution is -2.35. The minimum absolute atomic E-state index is 0.151. The fourth-order valence-corrected chi connectivity index (χ4v) is 4.43. The Hall–Kier alpha value is -2.09. The van der Waals surface area contributed by atoms with Crippen molar-refractivity contribution in [3.8, 4) is 0 Å². The number of likely N-dealkylation sites (N-methyl/N-ethyl adjacent to an activating group) is 1. The third-order valence-electron chi connectivity index (χ3n) is 5.15. The van der Waals surface area contributed by atoms with E-state index in [-0.39, 0.29) is 17.1 Å². The lowest BCUT2D eigenvalue weighted by molar-refractivity contribution is 0.0716. The molecule has 7 heteroatoms. The molecule has 0 bridgehead atoms. The van der Waals surface area contributed by atoms with Gasteiger partial charge in [0.1, 0.15) is 5.58 Å². The number of hydrogen-bond acceptors (Lipinski definition) is 5. The molecular formula is C22H21BrN2O3S. The van der Waals surface area contributed by atoms with Gasteiger partial charge in [-0.2, -0.15) is 0 Å². The minimum atomic E-state index is -0.451. The van der Waals surface area contributed by atoms with Gasteiger partial charge in [-0.25, -0.2) is 0 Å². The highest BCUT2D eigenvalue weighted by Crippen LogP contribution is 2.38. The maximum atomic E-state index is 13.4. The van der Waals surface area contributed by atoms with Crippen LogP contribution in [-0.4, -0.2) is 49.1 Å². The number of fused-ring (bicyclic) bond motifs is 2. The minimum Gasteiger partial charge on any atom is -0.450 e. The van der Waals surface area contributed by atoms with Gasteiger partial charge in [0, 0.05) is 22.5 Å². The van der Waals surface area contributed by atoms with Crippen LogP contribution in [0.3, 0.4) is 0 Å². The van der Waals surface area contributed by atoms with Crippen molar-refractivity contribution in [2.24, 2.45) is 0 Å². The van der Waals surface area contributed by atoms with Crippen molar-refractivity contribution >= 4 is 44.6 Å². The van der Waals surface area contributed by atoms with Gasteiger partial charge in [-0.3, -0.25) is 9.59 Å². The van der Waals surface area contributed by atoms with Crippen molar-refractivity contribution in [3.05, 3.63) is 74.0 Å². The van der Waals surface area contributed by atoms with E-state index in [1.807, 2.05) is 49.5 Å². The molecule has 1 atom stereocenters. The summed E-state index contributed by atoms with van der Waals surface area (Å²) in [6.07, 6.45) is 2.02. The quantitative estimate of drug-likeness (QED) is 0.515. The summed E-state index contributed by atoms with van der Waals surface area (Å²) in [6.45, 7) is 1.20. The van der Waals surface area contributed by atoms with Crippen LogP contribution in [0.25, 0.3) is 11.0 Å². The second-order valence-electron chi connectivity index (χ2n) is 7.29. The predicted molar refractivity (Wildman–Crippen MR) is 120 cm³/mol. The number of amides is 1. The summed E-state index contributed by atoms with van der Waals surface area (Å²) in [5.74, 6) is -0.0785. The van der Waals surface area contributed by atoms with Gasteiger partial charge in [0.05, 0.1) is 17.0 Å². The third kappa shape index (κ3) is 3.63. The summed E-state index contributed by atoms with van der Waals surface area (Å²) < 4.78 is 6.75. The summed E-state index contributed by atoms with van der Waals surface area (Å²) in [5, 5.41) is 0.478. The van der Waals surface area contributed by atoms with Gasteiger partial charge in [-0.05, 0) is 56.2 Å². The van der Waals surface area contributed by atoms with Gasteiger partial charge in [0.2, 0.25) is 5.76 Å². The second-order valence-corrected chi connectivity index (χ2v) is 9.09. The highest BCUT2D eigenvalue weighted by molar-refractivity contribution is 9.10. The molecule has 5 nitrogen and oxygen atoms in total. The van der Waals surface area contributed by atoms with Crippen molar-refractivity contribution in [3.63, 3.8) is 0 Å². The number of benzene rings is 2. The molecule has 1 aromatic heterocycles. The largest absolute Gasteiger partial charge is 0.450 e. The molecule has 4 rings (SSSR count). The third-order valence-corrected chi connectivity index (χ3v) is 6.38. The first-order valence-corrected chi connectivity index (χ1v) is 11.3. The number of hydrogen-bond donors (Lipinski definition) is 0. The molecule has 1 unspecified atom stereocenters. The molecule has 150 valence electrons. The average Bonchev–Trinajstić information content (AvgIpc) is 2.99. The van der Waals surface area contributed by atoms with E-state index in [2.05, 4.69) is 15.9 Å². The number of carbonyl (C=O) groups excluding carboxylic acids is 1. The van der Waals surface area contributed by atoms with E-state index in [1.165, 1.54) is 0 Å². The molecule has 0 saturated heterocycles. The summed E-state index contributed by atoms with van der Waals surface area (Å²) in [4.78, 5) is 31.6. The Morgan fingerprint density at radius 3 is 2.52 bits per heavy atom. The van der Waals surface area contributed by atoms with E-state index in [0.29, 0.717) is 29.6 Å². The van der Waals surface area contributed by atoms with Crippen molar-refractivity contribution < 1.29 is 9.21 Å². The molecule has 0 aliphatic carbocycles. The Balaban J connectivity index is 1.92. The highest BCUT2D eigenvalue weighted by atomic mass is 79.9. The molecule has 1 amide bonds. The molecule has 0 spiro atoms. The molecule has 2 heterocycles. The molecule has 2 aromatic carbocycles. The van der Waals surface area contributed by atoms with Gasteiger partial charge in [0.25, 0.3) is 5.91 Å². The van der Waals surface area contributed by atoms with Crippen molar-refractivity contribution in [2.45, 2.75) is 10.9 Å². The number of thioether (sulfide) groups is 1. The fourth-order valence-electron chi connectivity index (χ4n) is 3.66. The molecule has 1 aliphatic heterocycles. The van der Waals surface area contributed by atoms with Gasteiger partial charge in [-0.15, -0.1) is 11.8 Å². The molecule has 29 heavy (non-hydrogen) atoms. The van der Waals surface area contributed by atoms with Crippen molar-refractivity contribution in [2.75, 3.05) is 33.4 Å². The van der Waals surface area contributed by atoms with Crippen LogP contribution in [0.4, 0.5) is 0 Å². The summed E-state index contributed by atoms with van der Waals surface area (Å²) >= 11 is 5.08. The Kier molecular flexibility index (Phi) is 5.55. The number of nitrogens with zero attached hydrogens (tertiary/aromatic N) is 2. The normalized spacial score (nSPS) is 16.1. The maximum absolute atomic E-state index is 13.4. The smallest absolute Gasteiger partial charge is 0.290 e. The Bertz CT molecular complexity index is 1140. The zero-order valence-electron chi connectivity index (χ0n) is 16.4. The van der Waals surface area contributed by atoms with Crippen LogP contribution < -0.4 is 5.43 Å². The maximum Gasteiger partial charge on any atom is 0.290 e. The average molecular weight is 473 g/mol. The van der Waals surface area contributed by atoms with Crippen molar-refractivity contribution in [1.82, 2.24) is 9.80 Å². The first-order chi connectivity index (χ1) is 13.9. The van der Waals surface area contributed by atoms with Crippen molar-refractivity contribution in [1.29, 1.82) is 0 Å².